The van der Waals surface area contributed by atoms with Gasteiger partial charge in [0.15, 0.2) is 5.17 Å². The van der Waals surface area contributed by atoms with Crippen molar-refractivity contribution < 1.29 is 4.79 Å². The summed E-state index contributed by atoms with van der Waals surface area (Å²) in [5.41, 5.74) is 3.80. The zero-order valence-corrected chi connectivity index (χ0v) is 20.2. The Kier molecular flexibility index (Phi) is 6.30. The number of rotatable bonds is 3. The van der Waals surface area contributed by atoms with Gasteiger partial charge >= 0.3 is 0 Å². The topological polar surface area (TPSA) is 45.0 Å². The first-order valence-corrected chi connectivity index (χ1v) is 12.1. The van der Waals surface area contributed by atoms with Crippen molar-refractivity contribution >= 4 is 69.4 Å². The number of hydrazone groups is 1. The highest BCUT2D eigenvalue weighted by Crippen LogP contribution is 2.40. The van der Waals surface area contributed by atoms with Crippen LogP contribution in [0.4, 0.5) is 0 Å². The molecule has 3 aromatic carbocycles. The predicted molar refractivity (Wildman–Crippen MR) is 138 cm³/mol. The lowest BCUT2D eigenvalue weighted by Gasteiger charge is -2.22. The molecule has 0 saturated heterocycles. The van der Waals surface area contributed by atoms with Gasteiger partial charge in [0.1, 0.15) is 0 Å². The molecular formula is C25H16Cl3N3OS. The second kappa shape index (κ2) is 9.35. The van der Waals surface area contributed by atoms with E-state index < -0.39 is 0 Å². The highest BCUT2D eigenvalue weighted by atomic mass is 35.5. The van der Waals surface area contributed by atoms with Crippen LogP contribution in [-0.4, -0.2) is 21.8 Å². The summed E-state index contributed by atoms with van der Waals surface area (Å²) >= 11 is 19.5. The van der Waals surface area contributed by atoms with Gasteiger partial charge in [-0.2, -0.15) is 10.1 Å². The van der Waals surface area contributed by atoms with Crippen molar-refractivity contribution in [2.45, 2.75) is 12.5 Å². The molecule has 1 unspecified atom stereocenters. The van der Waals surface area contributed by atoms with Crippen molar-refractivity contribution in [1.82, 2.24) is 5.01 Å². The predicted octanol–water partition coefficient (Wildman–Crippen LogP) is 7.47. The molecule has 0 N–H and O–H groups in total. The highest BCUT2D eigenvalue weighted by Gasteiger charge is 2.36. The van der Waals surface area contributed by atoms with E-state index >= 15 is 0 Å². The summed E-state index contributed by atoms with van der Waals surface area (Å²) in [6, 6.07) is 22.5. The highest BCUT2D eigenvalue weighted by molar-refractivity contribution is 8.18. The summed E-state index contributed by atoms with van der Waals surface area (Å²) in [5, 5.41) is 9.22. The number of benzene rings is 3. The fourth-order valence-corrected chi connectivity index (χ4v) is 4.95. The first kappa shape index (κ1) is 22.2. The number of nitrogens with zero attached hydrogens (tertiary/aromatic N) is 3. The van der Waals surface area contributed by atoms with Gasteiger partial charge in [-0.25, -0.2) is 5.01 Å². The van der Waals surface area contributed by atoms with Crippen molar-refractivity contribution in [2.24, 2.45) is 10.1 Å². The summed E-state index contributed by atoms with van der Waals surface area (Å²) in [5.74, 6) is -0.282. The molecule has 0 radical (unpaired) electrons. The molecule has 4 nitrogen and oxygen atoms in total. The molecule has 2 aliphatic rings. The number of thioether (sulfide) groups is 1. The number of hydrogen-bond acceptors (Lipinski definition) is 4. The Balaban J connectivity index is 1.47. The number of carbonyl (C=O) groups is 1. The maximum absolute atomic E-state index is 12.7. The zero-order chi connectivity index (χ0) is 22.9. The summed E-state index contributed by atoms with van der Waals surface area (Å²) in [6.45, 7) is 0. The van der Waals surface area contributed by atoms with Gasteiger partial charge in [0.25, 0.3) is 5.91 Å². The van der Waals surface area contributed by atoms with Crippen LogP contribution in [0, 0.1) is 0 Å². The van der Waals surface area contributed by atoms with Gasteiger partial charge in [-0.1, -0.05) is 71.2 Å². The molecule has 0 spiro atoms. The number of halogens is 3. The normalized spacial score (nSPS) is 19.2. The van der Waals surface area contributed by atoms with Crippen LogP contribution >= 0.6 is 46.6 Å². The molecule has 0 saturated carbocycles. The van der Waals surface area contributed by atoms with Gasteiger partial charge in [0.2, 0.25) is 0 Å². The van der Waals surface area contributed by atoms with E-state index in [4.69, 9.17) is 39.9 Å². The number of hydrogen-bond donors (Lipinski definition) is 0. The third-order valence-electron chi connectivity index (χ3n) is 5.32. The SMILES string of the molecule is O=C1N=C(N2N=C(c3ccc(Cl)cc3)CC2c2ccc(Cl)cc2)S/C1=C/c1ccc(Cl)cc1. The summed E-state index contributed by atoms with van der Waals surface area (Å²) in [7, 11) is 0. The molecule has 164 valence electrons. The molecule has 33 heavy (non-hydrogen) atoms. The standard InChI is InChI=1S/C25H16Cl3N3OS/c26-18-7-1-15(2-8-18)13-23-24(32)29-25(33-23)31-22(17-5-11-20(28)12-6-17)14-21(30-31)16-3-9-19(27)10-4-16/h1-13,22H,14H2/b23-13+. The van der Waals surface area contributed by atoms with Crippen molar-refractivity contribution in [3.05, 3.63) is 109 Å². The zero-order valence-electron chi connectivity index (χ0n) is 17.1. The van der Waals surface area contributed by atoms with Crippen LogP contribution in [0.25, 0.3) is 6.08 Å². The number of aliphatic imine (C=N–C) groups is 1. The Morgan fingerprint density at radius 2 is 1.42 bits per heavy atom. The third kappa shape index (κ3) is 4.87. The molecule has 5 rings (SSSR count). The van der Waals surface area contributed by atoms with Gasteiger partial charge < -0.3 is 0 Å². The fraction of sp³-hybridized carbons (Fsp3) is 0.0800. The number of amidine groups is 1. The smallest absolute Gasteiger partial charge is 0.266 e. The van der Waals surface area contributed by atoms with Gasteiger partial charge in [0.05, 0.1) is 16.7 Å². The monoisotopic (exact) mass is 511 g/mol. The van der Waals surface area contributed by atoms with Crippen LogP contribution in [0.15, 0.2) is 87.8 Å². The Hall–Kier alpha value is -2.57. The van der Waals surface area contributed by atoms with Crippen LogP contribution in [0.1, 0.15) is 29.2 Å². The average molecular weight is 513 g/mol. The molecular weight excluding hydrogens is 497 g/mol. The second-order valence-electron chi connectivity index (χ2n) is 7.53. The summed E-state index contributed by atoms with van der Waals surface area (Å²) in [6.07, 6.45) is 2.48. The summed E-state index contributed by atoms with van der Waals surface area (Å²) in [4.78, 5) is 17.5. The van der Waals surface area contributed by atoms with Gasteiger partial charge in [-0.3, -0.25) is 4.79 Å². The average Bonchev–Trinajstić information content (AvgIpc) is 3.40. The molecule has 3 aromatic rings. The molecule has 2 aliphatic heterocycles. The molecule has 0 fully saturated rings. The minimum Gasteiger partial charge on any atom is -0.266 e. The van der Waals surface area contributed by atoms with Gasteiger partial charge in [-0.15, -0.1) is 0 Å². The van der Waals surface area contributed by atoms with Crippen molar-refractivity contribution in [3.8, 4) is 0 Å². The molecule has 0 aliphatic carbocycles. The van der Waals surface area contributed by atoms with Gasteiger partial charge in [-0.05, 0) is 70.9 Å². The molecule has 1 amide bonds. The van der Waals surface area contributed by atoms with E-state index in [9.17, 15) is 4.79 Å². The lowest BCUT2D eigenvalue weighted by atomic mass is 9.99. The summed E-state index contributed by atoms with van der Waals surface area (Å²) < 4.78 is 0. The molecule has 1 atom stereocenters. The van der Waals surface area contributed by atoms with E-state index in [1.807, 2.05) is 71.7 Å². The van der Waals surface area contributed by atoms with Crippen LogP contribution in [-0.2, 0) is 4.79 Å². The first-order chi connectivity index (χ1) is 16.0. The lowest BCUT2D eigenvalue weighted by Crippen LogP contribution is -2.23. The van der Waals surface area contributed by atoms with E-state index in [1.165, 1.54) is 11.8 Å². The molecule has 2 heterocycles. The Bertz CT molecular complexity index is 1300. The minimum absolute atomic E-state index is 0.109. The van der Waals surface area contributed by atoms with Crippen molar-refractivity contribution in [3.63, 3.8) is 0 Å². The van der Waals surface area contributed by atoms with E-state index in [2.05, 4.69) is 4.99 Å². The van der Waals surface area contributed by atoms with Crippen molar-refractivity contribution in [1.29, 1.82) is 0 Å². The Morgan fingerprint density at radius 1 is 0.848 bits per heavy atom. The number of carbonyl (C=O) groups excluding carboxylic acids is 1. The van der Waals surface area contributed by atoms with E-state index in [0.717, 1.165) is 22.4 Å². The van der Waals surface area contributed by atoms with Crippen LogP contribution in [0.3, 0.4) is 0 Å². The minimum atomic E-state index is -0.282. The van der Waals surface area contributed by atoms with Crippen LogP contribution < -0.4 is 0 Å². The second-order valence-corrected chi connectivity index (χ2v) is 9.85. The van der Waals surface area contributed by atoms with Crippen molar-refractivity contribution in [2.75, 3.05) is 0 Å². The molecule has 8 heteroatoms. The Labute approximate surface area is 210 Å². The third-order valence-corrected chi connectivity index (χ3v) is 7.04. The van der Waals surface area contributed by atoms with Crippen LogP contribution in [0.5, 0.6) is 0 Å². The van der Waals surface area contributed by atoms with E-state index in [1.54, 1.807) is 12.1 Å². The maximum atomic E-state index is 12.7. The lowest BCUT2D eigenvalue weighted by molar-refractivity contribution is -0.113. The van der Waals surface area contributed by atoms with E-state index in [-0.39, 0.29) is 11.9 Å². The van der Waals surface area contributed by atoms with E-state index in [0.29, 0.717) is 31.6 Å². The van der Waals surface area contributed by atoms with Gasteiger partial charge in [0, 0.05) is 21.5 Å². The quantitative estimate of drug-likeness (QED) is 0.342. The fourth-order valence-electron chi connectivity index (χ4n) is 3.65. The molecule has 0 aromatic heterocycles. The maximum Gasteiger partial charge on any atom is 0.286 e. The number of amides is 1. The first-order valence-electron chi connectivity index (χ1n) is 10.1. The Morgan fingerprint density at radius 3 is 2.06 bits per heavy atom. The molecule has 0 bridgehead atoms. The largest absolute Gasteiger partial charge is 0.286 e. The van der Waals surface area contributed by atoms with Crippen LogP contribution in [0.2, 0.25) is 15.1 Å².